The van der Waals surface area contributed by atoms with Crippen LogP contribution in [-0.2, 0) is 7.05 Å². The van der Waals surface area contributed by atoms with Gasteiger partial charge in [0.25, 0.3) is 5.56 Å². The van der Waals surface area contributed by atoms with Crippen LogP contribution >= 0.6 is 11.6 Å². The smallest absolute Gasteiger partial charge is 0.285 e. The SMILES string of the molecule is Cn1[nH]c([C@@H]2CCCN2)c(Cl)c1=O. The molecule has 2 rings (SSSR count). The number of nitrogens with one attached hydrogen (secondary N) is 2. The van der Waals surface area contributed by atoms with Gasteiger partial charge in [0.1, 0.15) is 5.02 Å². The normalized spacial score (nSPS) is 22.5. The van der Waals surface area contributed by atoms with E-state index in [1.807, 2.05) is 0 Å². The van der Waals surface area contributed by atoms with Crippen molar-refractivity contribution in [2.75, 3.05) is 6.54 Å². The van der Waals surface area contributed by atoms with Crippen LogP contribution in [0, 0.1) is 0 Å². The summed E-state index contributed by atoms with van der Waals surface area (Å²) in [6, 6.07) is 0.224. The van der Waals surface area contributed by atoms with Crippen molar-refractivity contribution in [3.63, 3.8) is 0 Å². The van der Waals surface area contributed by atoms with E-state index in [0.29, 0.717) is 5.02 Å². The monoisotopic (exact) mass is 201 g/mol. The first kappa shape index (κ1) is 8.84. The zero-order chi connectivity index (χ0) is 9.42. The molecule has 0 amide bonds. The van der Waals surface area contributed by atoms with Gasteiger partial charge < -0.3 is 5.32 Å². The van der Waals surface area contributed by atoms with Gasteiger partial charge in [-0.05, 0) is 19.4 Å². The van der Waals surface area contributed by atoms with Crippen molar-refractivity contribution in [1.82, 2.24) is 15.1 Å². The maximum absolute atomic E-state index is 11.3. The lowest BCUT2D eigenvalue weighted by Crippen LogP contribution is -2.13. The lowest BCUT2D eigenvalue weighted by Gasteiger charge is -2.06. The zero-order valence-corrected chi connectivity index (χ0v) is 8.19. The van der Waals surface area contributed by atoms with Gasteiger partial charge in [0.15, 0.2) is 0 Å². The highest BCUT2D eigenvalue weighted by atomic mass is 35.5. The van der Waals surface area contributed by atoms with Crippen LogP contribution in [0.5, 0.6) is 0 Å². The Kier molecular flexibility index (Phi) is 2.17. The van der Waals surface area contributed by atoms with E-state index in [0.717, 1.165) is 25.1 Å². The van der Waals surface area contributed by atoms with Gasteiger partial charge in [-0.1, -0.05) is 11.6 Å². The molecular formula is C8H12ClN3O. The molecule has 1 fully saturated rings. The van der Waals surface area contributed by atoms with Gasteiger partial charge in [-0.2, -0.15) is 0 Å². The fourth-order valence-corrected chi connectivity index (χ4v) is 2.01. The molecule has 1 aromatic rings. The van der Waals surface area contributed by atoms with Crippen LogP contribution in [-0.4, -0.2) is 16.3 Å². The number of aromatic nitrogens is 2. The number of hydrogen-bond donors (Lipinski definition) is 2. The maximum Gasteiger partial charge on any atom is 0.285 e. The summed E-state index contributed by atoms with van der Waals surface area (Å²) < 4.78 is 1.41. The molecule has 4 nitrogen and oxygen atoms in total. The number of H-pyrrole nitrogens is 1. The second-order valence-corrected chi connectivity index (χ2v) is 3.73. The van der Waals surface area contributed by atoms with E-state index in [2.05, 4.69) is 10.4 Å². The Morgan fingerprint density at radius 3 is 2.85 bits per heavy atom. The Bertz CT molecular complexity index is 362. The first-order valence-electron chi connectivity index (χ1n) is 4.38. The van der Waals surface area contributed by atoms with Crippen LogP contribution in [0.15, 0.2) is 4.79 Å². The van der Waals surface area contributed by atoms with Gasteiger partial charge in [-0.15, -0.1) is 0 Å². The van der Waals surface area contributed by atoms with Crippen molar-refractivity contribution in [3.05, 3.63) is 21.1 Å². The standard InChI is InChI=1S/C8H12ClN3O/c1-12-8(13)6(9)7(11-12)5-3-2-4-10-5/h5,10-11H,2-4H2,1H3/t5-/m0/s1. The van der Waals surface area contributed by atoms with Crippen LogP contribution in [0.2, 0.25) is 5.02 Å². The summed E-state index contributed by atoms with van der Waals surface area (Å²) >= 11 is 5.89. The summed E-state index contributed by atoms with van der Waals surface area (Å²) in [5, 5.41) is 6.57. The van der Waals surface area contributed by atoms with Crippen LogP contribution < -0.4 is 10.9 Å². The molecule has 2 heterocycles. The highest BCUT2D eigenvalue weighted by Crippen LogP contribution is 2.24. The fourth-order valence-electron chi connectivity index (χ4n) is 1.70. The van der Waals surface area contributed by atoms with Crippen molar-refractivity contribution >= 4 is 11.6 Å². The quantitative estimate of drug-likeness (QED) is 0.706. The number of hydrogen-bond acceptors (Lipinski definition) is 2. The topological polar surface area (TPSA) is 49.8 Å². The Morgan fingerprint density at radius 2 is 2.38 bits per heavy atom. The first-order valence-corrected chi connectivity index (χ1v) is 4.75. The van der Waals surface area contributed by atoms with Gasteiger partial charge in [0.05, 0.1) is 11.7 Å². The summed E-state index contributed by atoms with van der Waals surface area (Å²) in [6.45, 7) is 0.998. The Hall–Kier alpha value is -0.740. The molecule has 0 radical (unpaired) electrons. The van der Waals surface area contributed by atoms with E-state index in [-0.39, 0.29) is 11.6 Å². The van der Waals surface area contributed by atoms with E-state index in [9.17, 15) is 4.79 Å². The van der Waals surface area contributed by atoms with E-state index in [4.69, 9.17) is 11.6 Å². The van der Waals surface area contributed by atoms with Crippen LogP contribution in [0.25, 0.3) is 0 Å². The van der Waals surface area contributed by atoms with Crippen molar-refractivity contribution in [2.24, 2.45) is 7.05 Å². The van der Waals surface area contributed by atoms with Gasteiger partial charge in [0.2, 0.25) is 0 Å². The third kappa shape index (κ3) is 1.40. The van der Waals surface area contributed by atoms with Gasteiger partial charge in [0, 0.05) is 7.05 Å². The largest absolute Gasteiger partial charge is 0.309 e. The average Bonchev–Trinajstić information content (AvgIpc) is 2.70. The summed E-state index contributed by atoms with van der Waals surface area (Å²) in [6.07, 6.45) is 2.18. The number of nitrogens with zero attached hydrogens (tertiary/aromatic N) is 1. The van der Waals surface area contributed by atoms with Crippen molar-refractivity contribution in [2.45, 2.75) is 18.9 Å². The second kappa shape index (κ2) is 3.20. The molecule has 13 heavy (non-hydrogen) atoms. The molecule has 0 saturated carbocycles. The van der Waals surface area contributed by atoms with E-state index < -0.39 is 0 Å². The van der Waals surface area contributed by atoms with Crippen LogP contribution in [0.1, 0.15) is 24.6 Å². The second-order valence-electron chi connectivity index (χ2n) is 3.35. The van der Waals surface area contributed by atoms with Crippen LogP contribution in [0.4, 0.5) is 0 Å². The minimum absolute atomic E-state index is 0.148. The number of aromatic amines is 1. The zero-order valence-electron chi connectivity index (χ0n) is 7.43. The van der Waals surface area contributed by atoms with Gasteiger partial charge >= 0.3 is 0 Å². The summed E-state index contributed by atoms with van der Waals surface area (Å²) in [4.78, 5) is 11.3. The van der Waals surface area contributed by atoms with E-state index in [1.54, 1.807) is 7.05 Å². The third-order valence-electron chi connectivity index (χ3n) is 2.43. The molecule has 2 N–H and O–H groups in total. The number of rotatable bonds is 1. The summed E-state index contributed by atoms with van der Waals surface area (Å²) in [5.41, 5.74) is 0.678. The van der Waals surface area contributed by atoms with Crippen molar-refractivity contribution in [3.8, 4) is 0 Å². The molecule has 1 aliphatic heterocycles. The molecule has 0 spiro atoms. The Labute approximate surface area is 80.9 Å². The Balaban J connectivity index is 2.39. The Morgan fingerprint density at radius 1 is 1.62 bits per heavy atom. The molecule has 1 aliphatic rings. The molecular weight excluding hydrogens is 190 g/mol. The molecule has 72 valence electrons. The molecule has 0 aromatic carbocycles. The van der Waals surface area contributed by atoms with Crippen molar-refractivity contribution in [1.29, 1.82) is 0 Å². The molecule has 0 aliphatic carbocycles. The minimum atomic E-state index is -0.148. The number of halogens is 1. The molecule has 1 saturated heterocycles. The van der Waals surface area contributed by atoms with E-state index in [1.165, 1.54) is 4.68 Å². The molecule has 0 bridgehead atoms. The highest BCUT2D eigenvalue weighted by molar-refractivity contribution is 6.31. The summed E-state index contributed by atoms with van der Waals surface area (Å²) in [7, 11) is 1.67. The predicted octanol–water partition coefficient (Wildman–Crippen LogP) is 0.791. The maximum atomic E-state index is 11.3. The minimum Gasteiger partial charge on any atom is -0.309 e. The third-order valence-corrected chi connectivity index (χ3v) is 2.79. The molecule has 0 unspecified atom stereocenters. The lowest BCUT2D eigenvalue weighted by molar-refractivity contribution is 0.604. The highest BCUT2D eigenvalue weighted by Gasteiger charge is 2.22. The lowest BCUT2D eigenvalue weighted by atomic mass is 10.2. The average molecular weight is 202 g/mol. The fraction of sp³-hybridized carbons (Fsp3) is 0.625. The predicted molar refractivity (Wildman–Crippen MR) is 51.0 cm³/mol. The van der Waals surface area contributed by atoms with E-state index >= 15 is 0 Å². The molecule has 5 heteroatoms. The van der Waals surface area contributed by atoms with Gasteiger partial charge in [-0.25, -0.2) is 0 Å². The first-order chi connectivity index (χ1) is 6.20. The molecule has 1 atom stereocenters. The van der Waals surface area contributed by atoms with Crippen LogP contribution in [0.3, 0.4) is 0 Å². The van der Waals surface area contributed by atoms with Gasteiger partial charge in [-0.3, -0.25) is 14.6 Å². The molecule has 1 aromatic heterocycles. The van der Waals surface area contributed by atoms with Crippen molar-refractivity contribution < 1.29 is 0 Å². The summed E-state index contributed by atoms with van der Waals surface area (Å²) in [5.74, 6) is 0. The number of aryl methyl sites for hydroxylation is 1.